The van der Waals surface area contributed by atoms with Crippen LogP contribution >= 0.6 is 0 Å². The van der Waals surface area contributed by atoms with Gasteiger partial charge in [0.25, 0.3) is 0 Å². The first kappa shape index (κ1) is 15.7. The van der Waals surface area contributed by atoms with Crippen LogP contribution in [0.25, 0.3) is 0 Å². The number of ether oxygens (including phenoxy) is 1. The summed E-state index contributed by atoms with van der Waals surface area (Å²) in [6.07, 6.45) is 0. The molecule has 36 valence electrons. The molecule has 0 N–H and O–H groups in total. The molecule has 0 saturated heterocycles. The summed E-state index contributed by atoms with van der Waals surface area (Å²) in [5.74, 6) is 0. The van der Waals surface area contributed by atoms with E-state index in [9.17, 15) is 0 Å². The summed E-state index contributed by atoms with van der Waals surface area (Å²) < 4.78 is 3.22. The molecule has 0 radical (unpaired) electrons. The second kappa shape index (κ2) is 15.7. The number of hydrogen-bond donors (Lipinski definition) is 0. The number of hydrogen-bond acceptors (Lipinski definition) is 3. The van der Waals surface area contributed by atoms with Crippen molar-refractivity contribution >= 4 is 12.9 Å². The van der Waals surface area contributed by atoms with Gasteiger partial charge in [0, 0.05) is 62.2 Å². The molecule has 3 nitrogen and oxygen atoms in total. The van der Waals surface area contributed by atoms with Gasteiger partial charge in [-0.3, -0.25) is 0 Å². The molecule has 0 aliphatic carbocycles. The van der Waals surface area contributed by atoms with Gasteiger partial charge in [-0.2, -0.15) is 0 Å². The van der Waals surface area contributed by atoms with Crippen molar-refractivity contribution in [2.75, 3.05) is 0 Å². The van der Waals surface area contributed by atoms with Crippen LogP contribution in [0, 0.1) is 62.2 Å². The first-order valence-corrected chi connectivity index (χ1v) is 0.816. The molecule has 0 heterocycles. The van der Waals surface area contributed by atoms with Crippen molar-refractivity contribution in [2.45, 2.75) is 0 Å². The van der Waals surface area contributed by atoms with Gasteiger partial charge in [0.1, 0.15) is 0 Å². The van der Waals surface area contributed by atoms with E-state index in [-0.39, 0.29) is 62.2 Å². The summed E-state index contributed by atoms with van der Waals surface area (Å²) in [6.45, 7) is 1.69. The molecule has 7 heavy (non-hydrogen) atoms. The summed E-state index contributed by atoms with van der Waals surface area (Å²) in [6, 6.07) is 0. The van der Waals surface area contributed by atoms with Crippen molar-refractivity contribution < 1.29 is 76.6 Å². The molecule has 0 aromatic carbocycles. The van der Waals surface area contributed by atoms with Crippen LogP contribution in [0.1, 0.15) is 0 Å². The van der Waals surface area contributed by atoms with E-state index in [0.29, 0.717) is 0 Å². The fourth-order valence-corrected chi connectivity index (χ4v) is 0.0170. The second-order valence-electron chi connectivity index (χ2n) is 0.269. The Labute approximate surface area is 88.3 Å². The van der Waals surface area contributed by atoms with Crippen molar-refractivity contribution in [1.82, 2.24) is 0 Å². The van der Waals surface area contributed by atoms with E-state index < -0.39 is 0 Å². The van der Waals surface area contributed by atoms with Gasteiger partial charge in [-0.25, -0.2) is 0 Å². The third kappa shape index (κ3) is 18.9. The van der Waals surface area contributed by atoms with E-state index in [2.05, 4.69) is 4.74 Å². The van der Waals surface area contributed by atoms with Gasteiger partial charge < -0.3 is 14.3 Å². The van der Waals surface area contributed by atoms with Crippen LogP contribution < -0.4 is 0 Å². The van der Waals surface area contributed by atoms with Gasteiger partial charge in [-0.15, -0.1) is 12.9 Å². The molecule has 0 rings (SSSR count). The van der Waals surface area contributed by atoms with Gasteiger partial charge in [0.05, 0.1) is 0 Å². The van der Waals surface area contributed by atoms with E-state index in [0.717, 1.165) is 12.9 Å². The first-order chi connectivity index (χ1) is 2.41. The first-order valence-electron chi connectivity index (χ1n) is 0.816. The second-order valence-corrected chi connectivity index (χ2v) is 0.269. The van der Waals surface area contributed by atoms with Crippen molar-refractivity contribution in [3.8, 4) is 0 Å². The SMILES string of the molecule is O=[C-]O[C-]=O.[U].[U]. The average Bonchev–Trinajstić information content (AvgIpc) is 1.41. The Balaban J connectivity index is -0.0000000800. The van der Waals surface area contributed by atoms with Gasteiger partial charge >= 0.3 is 0 Å². The minimum Gasteiger partial charge on any atom is -0.783 e. The average molecular weight is 548 g/mol. The fourth-order valence-electron chi connectivity index (χ4n) is 0.0170. The molecular formula is C2O3U2-2. The zero-order valence-electron chi connectivity index (χ0n) is 3.22. The monoisotopic (exact) mass is 548 g/mol. The Morgan fingerprint density at radius 1 is 1.00 bits per heavy atom. The van der Waals surface area contributed by atoms with Crippen LogP contribution in [0.5, 0.6) is 0 Å². The van der Waals surface area contributed by atoms with E-state index in [1.807, 2.05) is 0 Å². The largest absolute Gasteiger partial charge is 0.783 e. The van der Waals surface area contributed by atoms with Crippen LogP contribution in [0.15, 0.2) is 0 Å². The molecule has 0 saturated carbocycles. The minimum absolute atomic E-state index is 0. The predicted octanol–water partition coefficient (Wildman–Crippen LogP) is -0.863. The van der Waals surface area contributed by atoms with Gasteiger partial charge in [0.2, 0.25) is 0 Å². The third-order valence-electron chi connectivity index (χ3n) is 0.0833. The number of carbonyl (C=O) groups excluding carboxylic acids is 2. The molecule has 0 spiro atoms. The summed E-state index contributed by atoms with van der Waals surface area (Å²) in [5, 5.41) is 0. The van der Waals surface area contributed by atoms with Crippen LogP contribution in [-0.2, 0) is 14.3 Å². The van der Waals surface area contributed by atoms with Crippen LogP contribution in [0.2, 0.25) is 0 Å². The quantitative estimate of drug-likeness (QED) is 0.334. The Bertz CT molecular complexity index is 40.2. The Morgan fingerprint density at radius 3 is 1.29 bits per heavy atom. The van der Waals surface area contributed by atoms with Crippen LogP contribution in [-0.4, -0.2) is 12.9 Å². The third-order valence-corrected chi connectivity index (χ3v) is 0.0833. The molecule has 0 bridgehead atoms. The van der Waals surface area contributed by atoms with Crippen molar-refractivity contribution in [3.05, 3.63) is 0 Å². The fraction of sp³-hybridized carbons (Fsp3) is 0. The summed E-state index contributed by atoms with van der Waals surface area (Å²) in [5.41, 5.74) is 0. The maximum Gasteiger partial charge on any atom is 0 e. The Morgan fingerprint density at radius 2 is 1.29 bits per heavy atom. The standard InChI is InChI=1S/C2O3.2U/c3-1-5-2-4;;/q-2;;. The number of rotatable bonds is 2. The van der Waals surface area contributed by atoms with Crippen molar-refractivity contribution in [2.24, 2.45) is 0 Å². The molecular weight excluding hydrogens is 548 g/mol. The van der Waals surface area contributed by atoms with Crippen LogP contribution in [0.4, 0.5) is 0 Å². The van der Waals surface area contributed by atoms with Gasteiger partial charge in [-0.05, 0) is 0 Å². The molecule has 5 heteroatoms. The zero-order valence-corrected chi connectivity index (χ0v) is 11.6. The van der Waals surface area contributed by atoms with Gasteiger partial charge in [-0.1, -0.05) is 0 Å². The normalized spacial score (nSPS) is 4.00. The maximum absolute atomic E-state index is 8.80. The molecule has 0 aliphatic rings. The van der Waals surface area contributed by atoms with Crippen LogP contribution in [0.3, 0.4) is 0 Å². The molecule has 0 aliphatic heterocycles. The van der Waals surface area contributed by atoms with Gasteiger partial charge in [0.15, 0.2) is 0 Å². The zero-order chi connectivity index (χ0) is 4.12. The Hall–Kier alpha value is 1.24. The Kier molecular flexibility index (Phi) is 35.2. The summed E-state index contributed by atoms with van der Waals surface area (Å²) in [7, 11) is 0. The molecule has 0 aromatic rings. The molecule has 0 atom stereocenters. The molecule has 0 unspecified atom stereocenters. The molecule has 0 amide bonds. The topological polar surface area (TPSA) is 43.4 Å². The van der Waals surface area contributed by atoms with E-state index in [1.54, 1.807) is 0 Å². The molecule has 0 aromatic heterocycles. The smallest absolute Gasteiger partial charge is 0 e. The molecule has 0 fully saturated rings. The minimum atomic E-state index is 0. The summed E-state index contributed by atoms with van der Waals surface area (Å²) >= 11 is 0. The van der Waals surface area contributed by atoms with Crippen molar-refractivity contribution in [1.29, 1.82) is 0 Å². The van der Waals surface area contributed by atoms with Crippen molar-refractivity contribution in [3.63, 3.8) is 0 Å². The van der Waals surface area contributed by atoms with E-state index in [1.165, 1.54) is 0 Å². The van der Waals surface area contributed by atoms with E-state index >= 15 is 0 Å². The predicted molar refractivity (Wildman–Crippen MR) is 12.5 cm³/mol. The summed E-state index contributed by atoms with van der Waals surface area (Å²) in [4.78, 5) is 17.6. The van der Waals surface area contributed by atoms with E-state index in [4.69, 9.17) is 9.59 Å². The maximum atomic E-state index is 8.80.